The second-order valence-corrected chi connectivity index (χ2v) is 2.31. The van der Waals surface area contributed by atoms with Gasteiger partial charge >= 0.3 is 6.09 Å². The Morgan fingerprint density at radius 1 is 1.82 bits per heavy atom. The average molecular weight is 164 g/mol. The van der Waals surface area contributed by atoms with Crippen molar-refractivity contribution in [3.05, 3.63) is 0 Å². The predicted octanol–water partition coefficient (Wildman–Crippen LogP) is -1.04. The number of ether oxygens (including phenoxy) is 2. The molecule has 1 saturated heterocycles. The van der Waals surface area contributed by atoms with E-state index in [-0.39, 0.29) is 11.5 Å². The number of rotatable bonds is 0. The minimum Gasteiger partial charge on any atom is -0.423 e. The number of carbonyl (C=O) groups excluding carboxylic acids is 1. The highest BCUT2D eigenvalue weighted by Crippen LogP contribution is 1.88. The number of alkyl halides is 1. The Labute approximate surface area is 63.9 Å². The van der Waals surface area contributed by atoms with E-state index in [0.29, 0.717) is 13.2 Å². The van der Waals surface area contributed by atoms with Crippen LogP contribution in [0.5, 0.6) is 0 Å². The average Bonchev–Trinajstić information content (AvgIpc) is 2.04. The third-order valence-electron chi connectivity index (χ3n) is 1.61. The maximum atomic E-state index is 12.8. The summed E-state index contributed by atoms with van der Waals surface area (Å²) in [6, 6.07) is 0. The van der Waals surface area contributed by atoms with Crippen LogP contribution in [0.3, 0.4) is 0 Å². The first kappa shape index (κ1) is 8.42. The molecule has 1 N–H and O–H groups in total. The Bertz CT molecular complexity index is 153. The van der Waals surface area contributed by atoms with Gasteiger partial charge in [0.1, 0.15) is 13.2 Å². The van der Waals surface area contributed by atoms with Crippen LogP contribution in [-0.4, -0.2) is 39.3 Å². The number of amides is 1. The molecular formula is C6H11FNO3+. The number of hydrogen-bond donors (Lipinski definition) is 1. The molecule has 0 radical (unpaired) electrons. The maximum Gasteiger partial charge on any atom is 0.516 e. The predicted molar refractivity (Wildman–Crippen MR) is 33.9 cm³/mol. The Kier molecular flexibility index (Phi) is 2.78. The van der Waals surface area contributed by atoms with E-state index in [4.69, 9.17) is 4.74 Å². The molecule has 0 saturated carbocycles. The van der Waals surface area contributed by atoms with Gasteiger partial charge in [0.2, 0.25) is 0 Å². The van der Waals surface area contributed by atoms with Crippen LogP contribution in [0.1, 0.15) is 0 Å². The fourth-order valence-electron chi connectivity index (χ4n) is 0.987. The number of morpholine rings is 1. The van der Waals surface area contributed by atoms with Gasteiger partial charge in [0, 0.05) is 0 Å². The van der Waals surface area contributed by atoms with E-state index in [1.54, 1.807) is 0 Å². The highest BCUT2D eigenvalue weighted by Gasteiger charge is 2.33. The molecule has 0 aliphatic carbocycles. The van der Waals surface area contributed by atoms with Gasteiger partial charge in [-0.25, -0.2) is 4.90 Å². The van der Waals surface area contributed by atoms with E-state index in [0.717, 1.165) is 0 Å². The minimum absolute atomic E-state index is 0.0234. The van der Waals surface area contributed by atoms with E-state index >= 15 is 0 Å². The lowest BCUT2D eigenvalue weighted by molar-refractivity contribution is -0.878. The van der Waals surface area contributed by atoms with Crippen LogP contribution in [0.4, 0.5) is 9.18 Å². The second kappa shape index (κ2) is 3.64. The van der Waals surface area contributed by atoms with Gasteiger partial charge in [-0.2, -0.15) is 9.18 Å². The van der Waals surface area contributed by atoms with E-state index in [2.05, 4.69) is 4.74 Å². The molecule has 1 aliphatic rings. The zero-order valence-corrected chi connectivity index (χ0v) is 6.30. The minimum atomic E-state index is -1.28. The summed E-state index contributed by atoms with van der Waals surface area (Å²) in [4.78, 5) is 11.0. The Hall–Kier alpha value is -0.680. The molecule has 1 aliphatic heterocycles. The molecule has 0 aromatic rings. The number of quaternary nitrogens is 1. The third kappa shape index (κ3) is 1.87. The van der Waals surface area contributed by atoms with Crippen LogP contribution in [0.25, 0.3) is 0 Å². The van der Waals surface area contributed by atoms with Crippen molar-refractivity contribution in [2.45, 2.75) is 6.30 Å². The fourth-order valence-corrected chi connectivity index (χ4v) is 0.987. The van der Waals surface area contributed by atoms with Crippen LogP contribution in [-0.2, 0) is 9.47 Å². The number of methoxy groups -OCH3 is 1. The molecule has 4 nitrogen and oxygen atoms in total. The monoisotopic (exact) mass is 164 g/mol. The number of halogens is 1. The van der Waals surface area contributed by atoms with Gasteiger partial charge < -0.3 is 9.47 Å². The van der Waals surface area contributed by atoms with Crippen molar-refractivity contribution >= 4 is 6.09 Å². The number of nitrogens with one attached hydrogen (secondary N) is 1. The molecule has 5 heteroatoms. The van der Waals surface area contributed by atoms with Gasteiger partial charge in [0.05, 0.1) is 13.7 Å². The van der Waals surface area contributed by atoms with E-state index in [1.165, 1.54) is 7.11 Å². The molecule has 1 heterocycles. The SMILES string of the molecule is COC(=O)[NH+]1CCOCC1F. The molecule has 1 amide bonds. The lowest BCUT2D eigenvalue weighted by atomic mass is 10.4. The Morgan fingerprint density at radius 3 is 3.09 bits per heavy atom. The second-order valence-electron chi connectivity index (χ2n) is 2.31. The lowest BCUT2D eigenvalue weighted by Crippen LogP contribution is -3.19. The van der Waals surface area contributed by atoms with Crippen molar-refractivity contribution in [3.63, 3.8) is 0 Å². The van der Waals surface area contributed by atoms with Crippen LogP contribution < -0.4 is 4.90 Å². The highest BCUT2D eigenvalue weighted by molar-refractivity contribution is 5.56. The summed E-state index contributed by atoms with van der Waals surface area (Å²) in [5.74, 6) is 0. The summed E-state index contributed by atoms with van der Waals surface area (Å²) in [6.07, 6.45) is -1.84. The highest BCUT2D eigenvalue weighted by atomic mass is 19.1. The van der Waals surface area contributed by atoms with Crippen molar-refractivity contribution in [2.75, 3.05) is 26.9 Å². The Morgan fingerprint density at radius 2 is 2.55 bits per heavy atom. The van der Waals surface area contributed by atoms with E-state index < -0.39 is 12.4 Å². The molecule has 2 atom stereocenters. The van der Waals surface area contributed by atoms with Crippen LogP contribution >= 0.6 is 0 Å². The summed E-state index contributed by atoms with van der Waals surface area (Å²) in [5.41, 5.74) is 0. The first-order valence-corrected chi connectivity index (χ1v) is 3.41. The topological polar surface area (TPSA) is 40.0 Å². The fraction of sp³-hybridized carbons (Fsp3) is 0.833. The van der Waals surface area contributed by atoms with Gasteiger partial charge in [-0.3, -0.25) is 0 Å². The summed E-state index contributed by atoms with van der Waals surface area (Å²) in [7, 11) is 1.25. The molecular weight excluding hydrogens is 153 g/mol. The smallest absolute Gasteiger partial charge is 0.423 e. The molecule has 64 valence electrons. The van der Waals surface area contributed by atoms with E-state index in [1.807, 2.05) is 0 Å². The molecule has 1 fully saturated rings. The molecule has 0 aromatic heterocycles. The van der Waals surface area contributed by atoms with Crippen molar-refractivity contribution in [1.82, 2.24) is 0 Å². The molecule has 1 rings (SSSR count). The molecule has 0 bridgehead atoms. The number of carbonyl (C=O) groups is 1. The quantitative estimate of drug-likeness (QED) is 0.465. The summed E-state index contributed by atoms with van der Waals surface area (Å²) >= 11 is 0. The van der Waals surface area contributed by atoms with Gasteiger partial charge in [-0.05, 0) is 0 Å². The van der Waals surface area contributed by atoms with Crippen molar-refractivity contribution in [2.24, 2.45) is 0 Å². The zero-order valence-electron chi connectivity index (χ0n) is 6.30. The Balaban J connectivity index is 2.47. The summed E-state index contributed by atoms with van der Waals surface area (Å²) < 4.78 is 22.0. The largest absolute Gasteiger partial charge is 0.516 e. The van der Waals surface area contributed by atoms with Gasteiger partial charge in [-0.1, -0.05) is 0 Å². The number of alkyl carbamates (subject to hydrolysis) is 2. The molecule has 2 unspecified atom stereocenters. The summed E-state index contributed by atoms with van der Waals surface area (Å²) in [5, 5.41) is 0. The molecule has 0 spiro atoms. The van der Waals surface area contributed by atoms with Crippen molar-refractivity contribution in [3.8, 4) is 0 Å². The van der Waals surface area contributed by atoms with Crippen LogP contribution in [0, 0.1) is 0 Å². The third-order valence-corrected chi connectivity index (χ3v) is 1.61. The number of hydrogen-bond acceptors (Lipinski definition) is 3. The van der Waals surface area contributed by atoms with Gasteiger partial charge in [0.15, 0.2) is 0 Å². The molecule has 0 aromatic carbocycles. The molecule has 11 heavy (non-hydrogen) atoms. The lowest BCUT2D eigenvalue weighted by Gasteiger charge is -2.23. The van der Waals surface area contributed by atoms with Gasteiger partial charge in [-0.15, -0.1) is 0 Å². The van der Waals surface area contributed by atoms with Gasteiger partial charge in [0.25, 0.3) is 6.30 Å². The summed E-state index contributed by atoms with van der Waals surface area (Å²) in [6.45, 7) is 0.725. The first-order chi connectivity index (χ1) is 5.25. The van der Waals surface area contributed by atoms with Crippen molar-refractivity contribution < 1.29 is 23.6 Å². The van der Waals surface area contributed by atoms with Crippen LogP contribution in [0.2, 0.25) is 0 Å². The normalized spacial score (nSPS) is 31.5. The van der Waals surface area contributed by atoms with Crippen molar-refractivity contribution in [1.29, 1.82) is 0 Å². The van der Waals surface area contributed by atoms with Crippen LogP contribution in [0.15, 0.2) is 0 Å². The first-order valence-electron chi connectivity index (χ1n) is 3.41. The standard InChI is InChI=1S/C6H10FNO3/c1-10-6(9)8-2-3-11-4-5(8)7/h5H,2-4H2,1H3/p+1. The van der Waals surface area contributed by atoms with E-state index in [9.17, 15) is 9.18 Å². The maximum absolute atomic E-state index is 12.8. The zero-order chi connectivity index (χ0) is 8.27.